The van der Waals surface area contributed by atoms with E-state index in [-0.39, 0.29) is 5.75 Å². The monoisotopic (exact) mass is 400 g/mol. The second kappa shape index (κ2) is 7.87. The highest BCUT2D eigenvalue weighted by Crippen LogP contribution is 2.46. The van der Waals surface area contributed by atoms with Crippen molar-refractivity contribution in [2.45, 2.75) is 13.8 Å². The van der Waals surface area contributed by atoms with E-state index in [2.05, 4.69) is 0 Å². The minimum atomic E-state index is -0.467. The van der Waals surface area contributed by atoms with Gasteiger partial charge in [0, 0.05) is 24.6 Å². The molecule has 0 amide bonds. The third-order valence-corrected chi connectivity index (χ3v) is 4.82. The third-order valence-electron chi connectivity index (χ3n) is 4.82. The molecule has 4 aromatic rings. The zero-order chi connectivity index (χ0) is 21.3. The molecule has 5 nitrogen and oxygen atoms in total. The summed E-state index contributed by atoms with van der Waals surface area (Å²) in [7, 11) is 1.52. The van der Waals surface area contributed by atoms with Crippen LogP contribution in [-0.4, -0.2) is 19.0 Å². The molecule has 30 heavy (non-hydrogen) atoms. The van der Waals surface area contributed by atoms with E-state index in [1.165, 1.54) is 21.0 Å². The van der Waals surface area contributed by atoms with E-state index in [0.29, 0.717) is 16.9 Å². The molecule has 0 bridgehead atoms. The Labute approximate surface area is 173 Å². The molecule has 0 heterocycles. The van der Waals surface area contributed by atoms with Gasteiger partial charge in [-0.25, -0.2) is 0 Å². The molecule has 0 radical (unpaired) electrons. The molecule has 5 heteroatoms. The Balaban J connectivity index is 2.21. The molecule has 0 unspecified atom stereocenters. The number of rotatable bonds is 4. The van der Waals surface area contributed by atoms with Crippen LogP contribution in [0.25, 0.3) is 32.7 Å². The molecule has 0 N–H and O–H groups in total. The second-order valence-electron chi connectivity index (χ2n) is 6.85. The van der Waals surface area contributed by atoms with Crippen molar-refractivity contribution in [3.05, 3.63) is 66.7 Å². The molecule has 0 spiro atoms. The summed E-state index contributed by atoms with van der Waals surface area (Å²) in [5.74, 6) is 0.201. The largest absolute Gasteiger partial charge is 0.493 e. The lowest BCUT2D eigenvalue weighted by atomic mass is 9.91. The maximum absolute atomic E-state index is 11.9. The van der Waals surface area contributed by atoms with Crippen molar-refractivity contribution in [2.24, 2.45) is 0 Å². The highest BCUT2D eigenvalue weighted by molar-refractivity contribution is 6.18. The highest BCUT2D eigenvalue weighted by atomic mass is 16.6. The first-order valence-corrected chi connectivity index (χ1v) is 9.48. The molecule has 0 saturated heterocycles. The Hall–Kier alpha value is -3.86. The normalized spacial score (nSPS) is 10.8. The second-order valence-corrected chi connectivity index (χ2v) is 6.85. The number of esters is 2. The van der Waals surface area contributed by atoms with Crippen LogP contribution in [0.15, 0.2) is 66.7 Å². The van der Waals surface area contributed by atoms with Gasteiger partial charge in [-0.3, -0.25) is 9.59 Å². The van der Waals surface area contributed by atoms with Crippen molar-refractivity contribution in [1.82, 2.24) is 0 Å². The smallest absolute Gasteiger partial charge is 0.308 e. The molecule has 0 aliphatic heterocycles. The Morgan fingerprint density at radius 1 is 0.667 bits per heavy atom. The van der Waals surface area contributed by atoms with Crippen molar-refractivity contribution < 1.29 is 23.8 Å². The average molecular weight is 400 g/mol. The molecule has 0 aliphatic carbocycles. The lowest BCUT2D eigenvalue weighted by Gasteiger charge is -2.18. The SMILES string of the molecule is COc1cc2c(-c3ccccc3)c3ccccc3c(OC(C)=O)c2cc1OC(C)=O. The van der Waals surface area contributed by atoms with Gasteiger partial charge in [0.15, 0.2) is 11.5 Å². The van der Waals surface area contributed by atoms with Gasteiger partial charge in [-0.15, -0.1) is 0 Å². The van der Waals surface area contributed by atoms with Crippen molar-refractivity contribution in [2.75, 3.05) is 7.11 Å². The van der Waals surface area contributed by atoms with Gasteiger partial charge in [-0.1, -0.05) is 54.6 Å². The first-order valence-electron chi connectivity index (χ1n) is 9.48. The molecule has 150 valence electrons. The summed E-state index contributed by atoms with van der Waals surface area (Å²) in [6.45, 7) is 2.69. The molecule has 0 saturated carbocycles. The van der Waals surface area contributed by atoms with Crippen LogP contribution >= 0.6 is 0 Å². The van der Waals surface area contributed by atoms with E-state index < -0.39 is 11.9 Å². The maximum atomic E-state index is 11.9. The number of fused-ring (bicyclic) bond motifs is 2. The van der Waals surface area contributed by atoms with Gasteiger partial charge in [0.05, 0.1) is 7.11 Å². The summed E-state index contributed by atoms with van der Waals surface area (Å²) in [5.41, 5.74) is 1.99. The van der Waals surface area contributed by atoms with Gasteiger partial charge in [-0.2, -0.15) is 0 Å². The third kappa shape index (κ3) is 3.46. The van der Waals surface area contributed by atoms with E-state index in [9.17, 15) is 9.59 Å². The van der Waals surface area contributed by atoms with Crippen LogP contribution in [0.2, 0.25) is 0 Å². The number of carbonyl (C=O) groups excluding carboxylic acids is 2. The van der Waals surface area contributed by atoms with Crippen molar-refractivity contribution in [1.29, 1.82) is 0 Å². The van der Waals surface area contributed by atoms with E-state index in [1.807, 2.05) is 60.7 Å². The Kier molecular flexibility index (Phi) is 5.11. The lowest BCUT2D eigenvalue weighted by Crippen LogP contribution is -2.05. The van der Waals surface area contributed by atoms with Crippen LogP contribution in [0.5, 0.6) is 17.2 Å². The number of carbonyl (C=O) groups is 2. The van der Waals surface area contributed by atoms with Gasteiger partial charge >= 0.3 is 11.9 Å². The van der Waals surface area contributed by atoms with Crippen molar-refractivity contribution in [3.8, 4) is 28.4 Å². The summed E-state index contributed by atoms with van der Waals surface area (Å²) in [6, 6.07) is 21.2. The number of ether oxygens (including phenoxy) is 3. The predicted molar refractivity (Wildman–Crippen MR) is 116 cm³/mol. The molecule has 0 fully saturated rings. The number of hydrogen-bond acceptors (Lipinski definition) is 5. The summed E-state index contributed by atoms with van der Waals surface area (Å²) in [4.78, 5) is 23.5. The summed E-state index contributed by atoms with van der Waals surface area (Å²) in [6.07, 6.45) is 0. The van der Waals surface area contributed by atoms with E-state index in [0.717, 1.165) is 27.3 Å². The number of methoxy groups -OCH3 is 1. The topological polar surface area (TPSA) is 61.8 Å². The number of benzene rings is 4. The van der Waals surface area contributed by atoms with Crippen molar-refractivity contribution in [3.63, 3.8) is 0 Å². The van der Waals surface area contributed by atoms with Gasteiger partial charge in [-0.05, 0) is 34.0 Å². The summed E-state index contributed by atoms with van der Waals surface area (Å²) < 4.78 is 16.5. The molecule has 0 atom stereocenters. The standard InChI is InChI=1S/C25H20O5/c1-15(26)29-23-14-21-20(13-22(23)28-3)24(17-9-5-4-6-10-17)18-11-7-8-12-19(18)25(21)30-16(2)27/h4-14H,1-3H3. The van der Waals surface area contributed by atoms with Crippen LogP contribution in [0.3, 0.4) is 0 Å². The zero-order valence-corrected chi connectivity index (χ0v) is 16.9. The number of hydrogen-bond donors (Lipinski definition) is 0. The lowest BCUT2D eigenvalue weighted by molar-refractivity contribution is -0.132. The fourth-order valence-corrected chi connectivity index (χ4v) is 3.71. The zero-order valence-electron chi connectivity index (χ0n) is 16.9. The van der Waals surface area contributed by atoms with E-state index in [1.54, 1.807) is 6.07 Å². The first kappa shape index (κ1) is 19.5. The minimum absolute atomic E-state index is 0.264. The van der Waals surface area contributed by atoms with Gasteiger partial charge in [0.2, 0.25) is 0 Å². The summed E-state index contributed by atoms with van der Waals surface area (Å²) in [5, 5.41) is 3.21. The Morgan fingerprint density at radius 3 is 1.90 bits per heavy atom. The fraction of sp³-hybridized carbons (Fsp3) is 0.120. The first-order chi connectivity index (χ1) is 14.5. The van der Waals surface area contributed by atoms with E-state index in [4.69, 9.17) is 14.2 Å². The maximum Gasteiger partial charge on any atom is 0.308 e. The molecule has 0 aliphatic rings. The van der Waals surface area contributed by atoms with Crippen LogP contribution < -0.4 is 14.2 Å². The summed E-state index contributed by atoms with van der Waals surface area (Å²) >= 11 is 0. The van der Waals surface area contributed by atoms with Gasteiger partial charge < -0.3 is 14.2 Å². The predicted octanol–water partition coefficient (Wildman–Crippen LogP) is 5.52. The van der Waals surface area contributed by atoms with Crippen LogP contribution in [0, 0.1) is 0 Å². The highest BCUT2D eigenvalue weighted by Gasteiger charge is 2.20. The van der Waals surface area contributed by atoms with E-state index >= 15 is 0 Å². The molecule has 4 rings (SSSR count). The minimum Gasteiger partial charge on any atom is -0.493 e. The Bertz CT molecular complexity index is 1280. The molecule has 0 aromatic heterocycles. The fourth-order valence-electron chi connectivity index (χ4n) is 3.71. The molecular weight excluding hydrogens is 380 g/mol. The van der Waals surface area contributed by atoms with Gasteiger partial charge in [0.1, 0.15) is 5.75 Å². The van der Waals surface area contributed by atoms with Crippen LogP contribution in [-0.2, 0) is 9.59 Å². The van der Waals surface area contributed by atoms with Crippen molar-refractivity contribution >= 4 is 33.5 Å². The quantitative estimate of drug-likeness (QED) is 0.256. The van der Waals surface area contributed by atoms with Crippen LogP contribution in [0.4, 0.5) is 0 Å². The molecule has 4 aromatic carbocycles. The average Bonchev–Trinajstić information content (AvgIpc) is 2.73. The molecular formula is C25H20O5. The Morgan fingerprint density at radius 2 is 1.27 bits per heavy atom. The van der Waals surface area contributed by atoms with Crippen LogP contribution in [0.1, 0.15) is 13.8 Å². The van der Waals surface area contributed by atoms with Gasteiger partial charge in [0.25, 0.3) is 0 Å².